The van der Waals surface area contributed by atoms with E-state index in [0.29, 0.717) is 18.6 Å². The number of likely N-dealkylation sites (tertiary alicyclic amines) is 1. The monoisotopic (exact) mass is 501 g/mol. The standard InChI is InChI=1S/C21H35N5O.HI/c1-5-23-20(24-15-21(3,4)19(22)27)25-18-11-12-26(16(2)13-18)14-17-9-7-6-8-10-17;/h6-10,16,18H,5,11-15H2,1-4H3,(H2,22,27)(H2,23,24,25);1H. The van der Waals surface area contributed by atoms with Crippen molar-refractivity contribution in [3.05, 3.63) is 35.9 Å². The predicted molar refractivity (Wildman–Crippen MR) is 127 cm³/mol. The van der Waals surface area contributed by atoms with Crippen molar-refractivity contribution in [2.75, 3.05) is 19.6 Å². The highest BCUT2D eigenvalue weighted by molar-refractivity contribution is 14.0. The number of rotatable bonds is 7. The van der Waals surface area contributed by atoms with Gasteiger partial charge in [-0.05, 0) is 46.1 Å². The summed E-state index contributed by atoms with van der Waals surface area (Å²) in [4.78, 5) is 18.6. The largest absolute Gasteiger partial charge is 0.369 e. The summed E-state index contributed by atoms with van der Waals surface area (Å²) >= 11 is 0. The van der Waals surface area contributed by atoms with E-state index in [1.54, 1.807) is 0 Å². The van der Waals surface area contributed by atoms with Crippen LogP contribution in [0.4, 0.5) is 0 Å². The topological polar surface area (TPSA) is 82.7 Å². The third-order valence-electron chi connectivity index (χ3n) is 5.23. The minimum absolute atomic E-state index is 0. The molecule has 0 aliphatic carbocycles. The minimum Gasteiger partial charge on any atom is -0.369 e. The molecule has 1 aliphatic rings. The summed E-state index contributed by atoms with van der Waals surface area (Å²) in [7, 11) is 0. The summed E-state index contributed by atoms with van der Waals surface area (Å²) in [6, 6.07) is 11.5. The number of carbonyl (C=O) groups excluding carboxylic acids is 1. The molecule has 1 aromatic carbocycles. The van der Waals surface area contributed by atoms with Crippen LogP contribution in [0.15, 0.2) is 35.3 Å². The highest BCUT2D eigenvalue weighted by Gasteiger charge is 2.27. The van der Waals surface area contributed by atoms with Gasteiger partial charge >= 0.3 is 0 Å². The van der Waals surface area contributed by atoms with Crippen LogP contribution in [0.25, 0.3) is 0 Å². The highest BCUT2D eigenvalue weighted by atomic mass is 127. The Balaban J connectivity index is 0.00000392. The Bertz CT molecular complexity index is 635. The summed E-state index contributed by atoms with van der Waals surface area (Å²) in [6.07, 6.45) is 2.14. The first kappa shape index (κ1) is 24.7. The van der Waals surface area contributed by atoms with Gasteiger partial charge in [-0.3, -0.25) is 14.7 Å². The van der Waals surface area contributed by atoms with Gasteiger partial charge in [0.15, 0.2) is 5.96 Å². The second-order valence-electron chi connectivity index (χ2n) is 8.11. The zero-order chi connectivity index (χ0) is 19.9. The molecule has 2 unspecified atom stereocenters. The van der Waals surface area contributed by atoms with E-state index in [1.165, 1.54) is 5.56 Å². The number of hydrogen-bond donors (Lipinski definition) is 3. The molecule has 6 nitrogen and oxygen atoms in total. The number of carbonyl (C=O) groups is 1. The molecule has 158 valence electrons. The smallest absolute Gasteiger partial charge is 0.224 e. The average molecular weight is 501 g/mol. The quantitative estimate of drug-likeness (QED) is 0.305. The number of halogens is 1. The maximum Gasteiger partial charge on any atom is 0.224 e. The van der Waals surface area contributed by atoms with Crippen LogP contribution in [-0.2, 0) is 11.3 Å². The van der Waals surface area contributed by atoms with E-state index in [1.807, 2.05) is 20.8 Å². The lowest BCUT2D eigenvalue weighted by molar-refractivity contribution is -0.125. The summed E-state index contributed by atoms with van der Waals surface area (Å²) < 4.78 is 0. The number of hydrogen-bond acceptors (Lipinski definition) is 3. The SMILES string of the molecule is CCNC(=NCC(C)(C)C(N)=O)NC1CCN(Cc2ccccc2)C(C)C1.I. The van der Waals surface area contributed by atoms with Crippen LogP contribution in [0.3, 0.4) is 0 Å². The van der Waals surface area contributed by atoms with Crippen molar-refractivity contribution in [1.29, 1.82) is 0 Å². The first-order chi connectivity index (χ1) is 12.8. The lowest BCUT2D eigenvalue weighted by Crippen LogP contribution is -2.51. The van der Waals surface area contributed by atoms with Crippen LogP contribution in [0.1, 0.15) is 46.1 Å². The maximum absolute atomic E-state index is 11.5. The van der Waals surface area contributed by atoms with Crippen molar-refractivity contribution in [3.8, 4) is 0 Å². The Morgan fingerprint density at radius 1 is 1.32 bits per heavy atom. The molecule has 0 aromatic heterocycles. The minimum atomic E-state index is -0.644. The zero-order valence-electron chi connectivity index (χ0n) is 17.6. The summed E-state index contributed by atoms with van der Waals surface area (Å²) in [6.45, 7) is 11.2. The molecule has 1 fully saturated rings. The summed E-state index contributed by atoms with van der Waals surface area (Å²) in [5, 5.41) is 6.82. The number of nitrogens with two attached hydrogens (primary N) is 1. The van der Waals surface area contributed by atoms with Gasteiger partial charge in [-0.25, -0.2) is 0 Å². The summed E-state index contributed by atoms with van der Waals surface area (Å²) in [5.74, 6) is 0.436. The van der Waals surface area contributed by atoms with Crippen LogP contribution < -0.4 is 16.4 Å². The molecule has 0 radical (unpaired) electrons. The number of nitrogens with zero attached hydrogens (tertiary/aromatic N) is 2. The molecular weight excluding hydrogens is 465 g/mol. The molecule has 0 saturated carbocycles. The van der Waals surface area contributed by atoms with Gasteiger partial charge in [0.2, 0.25) is 5.91 Å². The Morgan fingerprint density at radius 3 is 2.57 bits per heavy atom. The van der Waals surface area contributed by atoms with Gasteiger partial charge in [-0.2, -0.15) is 0 Å². The van der Waals surface area contributed by atoms with Crippen molar-refractivity contribution in [3.63, 3.8) is 0 Å². The number of nitrogens with one attached hydrogen (secondary N) is 2. The van der Waals surface area contributed by atoms with Crippen molar-refractivity contribution < 1.29 is 4.79 Å². The van der Waals surface area contributed by atoms with E-state index in [-0.39, 0.29) is 29.9 Å². The first-order valence-corrected chi connectivity index (χ1v) is 9.94. The molecule has 1 saturated heterocycles. The van der Waals surface area contributed by atoms with Crippen LogP contribution in [0.2, 0.25) is 0 Å². The normalized spacial score (nSPS) is 20.9. The van der Waals surface area contributed by atoms with Gasteiger partial charge in [0, 0.05) is 31.7 Å². The highest BCUT2D eigenvalue weighted by Crippen LogP contribution is 2.20. The van der Waals surface area contributed by atoms with Crippen molar-refractivity contribution >= 4 is 35.8 Å². The Labute approximate surface area is 186 Å². The number of guanidine groups is 1. The molecule has 28 heavy (non-hydrogen) atoms. The number of benzene rings is 1. The van der Waals surface area contributed by atoms with E-state index in [9.17, 15) is 4.79 Å². The fourth-order valence-electron chi connectivity index (χ4n) is 3.27. The molecule has 2 atom stereocenters. The van der Waals surface area contributed by atoms with Crippen molar-refractivity contribution in [2.24, 2.45) is 16.1 Å². The van der Waals surface area contributed by atoms with Crippen LogP contribution in [-0.4, -0.2) is 48.5 Å². The Kier molecular flexibility index (Phi) is 10.2. The van der Waals surface area contributed by atoms with E-state index in [0.717, 1.165) is 38.4 Å². The molecule has 2 rings (SSSR count). The molecule has 0 spiro atoms. The second kappa shape index (κ2) is 11.6. The van der Waals surface area contributed by atoms with Gasteiger partial charge in [0.1, 0.15) is 0 Å². The van der Waals surface area contributed by atoms with Gasteiger partial charge in [0.05, 0.1) is 12.0 Å². The Hall–Kier alpha value is -1.35. The molecule has 4 N–H and O–H groups in total. The van der Waals surface area contributed by atoms with Crippen molar-refractivity contribution in [1.82, 2.24) is 15.5 Å². The number of amides is 1. The van der Waals surface area contributed by atoms with E-state index in [4.69, 9.17) is 5.73 Å². The van der Waals surface area contributed by atoms with Crippen LogP contribution in [0.5, 0.6) is 0 Å². The Morgan fingerprint density at radius 2 is 2.00 bits per heavy atom. The second-order valence-corrected chi connectivity index (χ2v) is 8.11. The van der Waals surface area contributed by atoms with E-state index in [2.05, 4.69) is 57.8 Å². The molecule has 0 bridgehead atoms. The van der Waals surface area contributed by atoms with Gasteiger partial charge in [0.25, 0.3) is 0 Å². The summed E-state index contributed by atoms with van der Waals surface area (Å²) in [5.41, 5.74) is 6.17. The molecular formula is C21H36IN5O. The van der Waals surface area contributed by atoms with Crippen LogP contribution in [0, 0.1) is 5.41 Å². The first-order valence-electron chi connectivity index (χ1n) is 9.94. The zero-order valence-corrected chi connectivity index (χ0v) is 19.9. The maximum atomic E-state index is 11.5. The molecule has 1 aromatic rings. The lowest BCUT2D eigenvalue weighted by atomic mass is 9.93. The van der Waals surface area contributed by atoms with E-state index >= 15 is 0 Å². The van der Waals surface area contributed by atoms with Gasteiger partial charge in [-0.1, -0.05) is 30.3 Å². The van der Waals surface area contributed by atoms with Gasteiger partial charge in [-0.15, -0.1) is 24.0 Å². The molecule has 1 aliphatic heterocycles. The number of piperidine rings is 1. The number of aliphatic imine (C=N–C) groups is 1. The fraction of sp³-hybridized carbons (Fsp3) is 0.619. The van der Waals surface area contributed by atoms with Crippen LogP contribution >= 0.6 is 24.0 Å². The predicted octanol–water partition coefficient (Wildman–Crippen LogP) is 2.72. The third-order valence-corrected chi connectivity index (χ3v) is 5.23. The van der Waals surface area contributed by atoms with Gasteiger partial charge < -0.3 is 16.4 Å². The molecule has 1 amide bonds. The number of primary amides is 1. The lowest BCUT2D eigenvalue weighted by Gasteiger charge is -2.38. The molecule has 7 heteroatoms. The third kappa shape index (κ3) is 7.58. The molecule has 1 heterocycles. The van der Waals surface area contributed by atoms with Crippen molar-refractivity contribution in [2.45, 2.75) is 59.2 Å². The van der Waals surface area contributed by atoms with E-state index < -0.39 is 5.41 Å². The fourth-order valence-corrected chi connectivity index (χ4v) is 3.27. The average Bonchev–Trinajstić information content (AvgIpc) is 2.63.